The number of methoxy groups -OCH3 is 2. The summed E-state index contributed by atoms with van der Waals surface area (Å²) in [6, 6.07) is 6.46. The number of aromatic nitrogens is 2. The molecule has 0 unspecified atom stereocenters. The summed E-state index contributed by atoms with van der Waals surface area (Å²) >= 11 is 0. The van der Waals surface area contributed by atoms with Crippen molar-refractivity contribution in [2.45, 2.75) is 51.2 Å². The normalized spacial score (nSPS) is 14.8. The Morgan fingerprint density at radius 3 is 2.43 bits per heavy atom. The van der Waals surface area contributed by atoms with Gasteiger partial charge in [-0.15, -0.1) is 0 Å². The fourth-order valence-corrected chi connectivity index (χ4v) is 3.73. The minimum absolute atomic E-state index is 0.0344. The summed E-state index contributed by atoms with van der Waals surface area (Å²) in [5.74, 6) is 0.369. The van der Waals surface area contributed by atoms with Gasteiger partial charge in [-0.25, -0.2) is 9.78 Å². The smallest absolute Gasteiger partial charge is 0.356 e. The molecule has 0 radical (unpaired) electrons. The number of aromatic carboxylic acids is 1. The molecule has 7 nitrogen and oxygen atoms in total. The maximum atomic E-state index is 11.0. The van der Waals surface area contributed by atoms with Gasteiger partial charge in [0.2, 0.25) is 0 Å². The van der Waals surface area contributed by atoms with Gasteiger partial charge in [-0.3, -0.25) is 9.88 Å². The van der Waals surface area contributed by atoms with Crippen molar-refractivity contribution >= 4 is 5.97 Å². The molecule has 28 heavy (non-hydrogen) atoms. The molecule has 1 fully saturated rings. The summed E-state index contributed by atoms with van der Waals surface area (Å²) in [6.07, 6.45) is 8.96. The van der Waals surface area contributed by atoms with E-state index in [0.717, 1.165) is 30.6 Å². The van der Waals surface area contributed by atoms with Gasteiger partial charge in [-0.1, -0.05) is 25.3 Å². The summed E-state index contributed by atoms with van der Waals surface area (Å²) in [6.45, 7) is 1.39. The van der Waals surface area contributed by atoms with Crippen LogP contribution in [0.15, 0.2) is 30.6 Å². The zero-order valence-corrected chi connectivity index (χ0v) is 16.4. The Kier molecular flexibility index (Phi) is 6.81. The molecular formula is C21H27N3O4. The predicted octanol–water partition coefficient (Wildman–Crippen LogP) is 3.53. The highest BCUT2D eigenvalue weighted by Gasteiger charge is 2.22. The van der Waals surface area contributed by atoms with Crippen molar-refractivity contribution in [3.63, 3.8) is 0 Å². The van der Waals surface area contributed by atoms with E-state index in [2.05, 4.69) is 20.9 Å². The van der Waals surface area contributed by atoms with Crippen LogP contribution in [0.5, 0.6) is 11.5 Å². The lowest BCUT2D eigenvalue weighted by Gasteiger charge is -2.34. The van der Waals surface area contributed by atoms with Gasteiger partial charge >= 0.3 is 5.97 Å². The van der Waals surface area contributed by atoms with Crippen LogP contribution in [0.2, 0.25) is 0 Å². The molecular weight excluding hydrogens is 358 g/mol. The zero-order valence-electron chi connectivity index (χ0n) is 16.4. The quantitative estimate of drug-likeness (QED) is 0.744. The van der Waals surface area contributed by atoms with Crippen LogP contribution in [-0.2, 0) is 13.1 Å². The second kappa shape index (κ2) is 9.50. The van der Waals surface area contributed by atoms with Gasteiger partial charge in [0, 0.05) is 19.1 Å². The molecule has 1 aliphatic carbocycles. The van der Waals surface area contributed by atoms with E-state index in [9.17, 15) is 4.79 Å². The Balaban J connectivity index is 1.79. The minimum atomic E-state index is -1.06. The lowest BCUT2D eigenvalue weighted by Crippen LogP contribution is -2.36. The van der Waals surface area contributed by atoms with Gasteiger partial charge in [0.05, 0.1) is 32.3 Å². The van der Waals surface area contributed by atoms with Crippen LogP contribution in [0.1, 0.15) is 53.8 Å². The van der Waals surface area contributed by atoms with Crippen molar-refractivity contribution in [1.29, 1.82) is 0 Å². The molecule has 1 N–H and O–H groups in total. The van der Waals surface area contributed by atoms with Gasteiger partial charge in [-0.2, -0.15) is 0 Å². The molecule has 150 valence electrons. The first-order chi connectivity index (χ1) is 13.6. The number of hydrogen-bond acceptors (Lipinski definition) is 6. The zero-order chi connectivity index (χ0) is 19.9. The van der Waals surface area contributed by atoms with E-state index in [1.807, 2.05) is 12.1 Å². The highest BCUT2D eigenvalue weighted by Crippen LogP contribution is 2.30. The van der Waals surface area contributed by atoms with Gasteiger partial charge < -0.3 is 14.6 Å². The van der Waals surface area contributed by atoms with Gasteiger partial charge in [0.1, 0.15) is 0 Å². The van der Waals surface area contributed by atoms with Crippen molar-refractivity contribution in [1.82, 2.24) is 14.9 Å². The van der Waals surface area contributed by atoms with Crippen LogP contribution in [0.4, 0.5) is 0 Å². The van der Waals surface area contributed by atoms with Crippen LogP contribution >= 0.6 is 0 Å². The molecule has 0 aliphatic heterocycles. The van der Waals surface area contributed by atoms with Gasteiger partial charge in [-0.05, 0) is 30.5 Å². The molecule has 0 amide bonds. The third kappa shape index (κ3) is 4.98. The molecule has 1 aliphatic rings. The van der Waals surface area contributed by atoms with Crippen LogP contribution in [0.3, 0.4) is 0 Å². The summed E-state index contributed by atoms with van der Waals surface area (Å²) in [7, 11) is 3.27. The van der Waals surface area contributed by atoms with E-state index in [0.29, 0.717) is 24.1 Å². The maximum Gasteiger partial charge on any atom is 0.356 e. The Morgan fingerprint density at radius 1 is 1.07 bits per heavy atom. The largest absolute Gasteiger partial charge is 0.493 e. The fraction of sp³-hybridized carbons (Fsp3) is 0.476. The number of benzene rings is 1. The molecule has 3 rings (SSSR count). The molecule has 1 heterocycles. The van der Waals surface area contributed by atoms with E-state index in [4.69, 9.17) is 14.6 Å². The van der Waals surface area contributed by atoms with Crippen molar-refractivity contribution in [2.24, 2.45) is 0 Å². The van der Waals surface area contributed by atoms with Gasteiger partial charge in [0.25, 0.3) is 0 Å². The van der Waals surface area contributed by atoms with Crippen LogP contribution in [-0.4, -0.2) is 46.2 Å². The molecule has 0 saturated heterocycles. The average molecular weight is 385 g/mol. The number of carboxylic acid groups (broad SMARTS) is 1. The first-order valence-electron chi connectivity index (χ1n) is 9.60. The molecule has 1 aromatic carbocycles. The fourth-order valence-electron chi connectivity index (χ4n) is 3.73. The van der Waals surface area contributed by atoms with Crippen molar-refractivity contribution in [3.8, 4) is 11.5 Å². The Labute approximate surface area is 165 Å². The number of carbonyl (C=O) groups is 1. The van der Waals surface area contributed by atoms with E-state index in [-0.39, 0.29) is 5.69 Å². The topological polar surface area (TPSA) is 84.8 Å². The number of carboxylic acids is 1. The second-order valence-electron chi connectivity index (χ2n) is 7.08. The van der Waals surface area contributed by atoms with E-state index >= 15 is 0 Å². The van der Waals surface area contributed by atoms with Crippen LogP contribution in [0, 0.1) is 0 Å². The van der Waals surface area contributed by atoms with Crippen molar-refractivity contribution in [3.05, 3.63) is 47.5 Å². The number of hydrogen-bond donors (Lipinski definition) is 1. The third-order valence-corrected chi connectivity index (χ3v) is 5.21. The van der Waals surface area contributed by atoms with Crippen molar-refractivity contribution in [2.75, 3.05) is 14.2 Å². The third-order valence-electron chi connectivity index (χ3n) is 5.21. The first-order valence-corrected chi connectivity index (χ1v) is 9.60. The lowest BCUT2D eigenvalue weighted by atomic mass is 9.93. The Bertz CT molecular complexity index is 789. The number of ether oxygens (including phenoxy) is 2. The van der Waals surface area contributed by atoms with Gasteiger partial charge in [0.15, 0.2) is 17.2 Å². The molecule has 7 heteroatoms. The minimum Gasteiger partial charge on any atom is -0.493 e. The maximum absolute atomic E-state index is 11.0. The van der Waals surface area contributed by atoms with E-state index < -0.39 is 5.97 Å². The average Bonchev–Trinajstić information content (AvgIpc) is 2.74. The number of nitrogens with zero attached hydrogens (tertiary/aromatic N) is 3. The highest BCUT2D eigenvalue weighted by molar-refractivity contribution is 5.84. The summed E-state index contributed by atoms with van der Waals surface area (Å²) in [5, 5.41) is 9.01. The molecule has 1 saturated carbocycles. The predicted molar refractivity (Wildman–Crippen MR) is 105 cm³/mol. The van der Waals surface area contributed by atoms with Crippen LogP contribution < -0.4 is 9.47 Å². The molecule has 0 atom stereocenters. The summed E-state index contributed by atoms with van der Waals surface area (Å²) in [5.41, 5.74) is 1.88. The molecule has 0 spiro atoms. The monoisotopic (exact) mass is 385 g/mol. The number of rotatable bonds is 8. The molecule has 1 aromatic heterocycles. The van der Waals surface area contributed by atoms with E-state index in [1.54, 1.807) is 20.4 Å². The van der Waals surface area contributed by atoms with Crippen LogP contribution in [0.25, 0.3) is 0 Å². The summed E-state index contributed by atoms with van der Waals surface area (Å²) < 4.78 is 10.8. The Morgan fingerprint density at radius 2 is 1.82 bits per heavy atom. The highest BCUT2D eigenvalue weighted by atomic mass is 16.5. The van der Waals surface area contributed by atoms with Crippen molar-refractivity contribution < 1.29 is 19.4 Å². The molecule has 2 aromatic rings. The standard InChI is InChI=1S/C21H27N3O4/c1-27-19-9-8-15(10-20(19)28-2)13-24(17-6-4-3-5-7-17)14-16-11-23-18(12-22-16)21(25)26/h8-12,17H,3-7,13-14H2,1-2H3,(H,25,26). The lowest BCUT2D eigenvalue weighted by molar-refractivity contribution is 0.0689. The SMILES string of the molecule is COc1ccc(CN(Cc2cnc(C(=O)O)cn2)C2CCCCC2)cc1OC. The molecule has 0 bridgehead atoms. The second-order valence-corrected chi connectivity index (χ2v) is 7.08. The first kappa shape index (κ1) is 20.1. The van der Waals surface area contributed by atoms with E-state index in [1.165, 1.54) is 25.5 Å². The Hall–Kier alpha value is -2.67. The summed E-state index contributed by atoms with van der Waals surface area (Å²) in [4.78, 5) is 21.7.